The highest BCUT2D eigenvalue weighted by Crippen LogP contribution is 2.33. The Morgan fingerprint density at radius 3 is 2.35 bits per heavy atom. The summed E-state index contributed by atoms with van der Waals surface area (Å²) in [5.74, 6) is 0. The maximum atomic E-state index is 11.7. The number of benzene rings is 1. The van der Waals surface area contributed by atoms with Gasteiger partial charge in [-0.05, 0) is 5.56 Å². The fourth-order valence-corrected chi connectivity index (χ4v) is 2.69. The molecule has 86 valence electrons. The molecule has 0 spiro atoms. The summed E-state index contributed by atoms with van der Waals surface area (Å²) in [6, 6.07) is 7.00. The summed E-state index contributed by atoms with van der Waals surface area (Å²) in [4.78, 5) is 3.21. The van der Waals surface area contributed by atoms with E-state index < -0.39 is 9.84 Å². The molecule has 1 aromatic carbocycles. The van der Waals surface area contributed by atoms with Crippen molar-refractivity contribution in [3.8, 4) is 0 Å². The quantitative estimate of drug-likeness (QED) is 0.559. The van der Waals surface area contributed by atoms with Crippen molar-refractivity contribution >= 4 is 26.0 Å². The van der Waals surface area contributed by atoms with Gasteiger partial charge in [-0.25, -0.2) is 8.42 Å². The number of sulfone groups is 1. The lowest BCUT2D eigenvalue weighted by atomic mass is 9.92. The number of hydrogen-bond donors (Lipinski definition) is 0. The Hall–Kier alpha value is -1.97. The molecule has 0 saturated carbocycles. The summed E-state index contributed by atoms with van der Waals surface area (Å²) < 4.78 is 23.4. The standard InChI is InChI=1S/C12H10N2O2S/c1-8-9-5-3-4-6-10(9)12(17(2,15)16)7-11(8)14-13/h3-7H,1H2,2H3. The van der Waals surface area contributed by atoms with Crippen LogP contribution in [0.5, 0.6) is 0 Å². The van der Waals surface area contributed by atoms with Gasteiger partial charge in [0.1, 0.15) is 0 Å². The fraction of sp³-hybridized carbons (Fsp3) is 0.0833. The molecule has 0 fully saturated rings. The van der Waals surface area contributed by atoms with Crippen LogP contribution in [0.3, 0.4) is 0 Å². The molecule has 0 unspecified atom stereocenters. The topological polar surface area (TPSA) is 70.5 Å². The molecule has 0 radical (unpaired) electrons. The van der Waals surface area contributed by atoms with Crippen molar-refractivity contribution in [2.45, 2.75) is 0 Å². The van der Waals surface area contributed by atoms with Crippen LogP contribution in [0.15, 0.2) is 36.9 Å². The highest BCUT2D eigenvalue weighted by atomic mass is 32.2. The molecule has 2 rings (SSSR count). The Labute approximate surface area is 99.4 Å². The van der Waals surface area contributed by atoms with Crippen molar-refractivity contribution in [1.82, 2.24) is 0 Å². The normalized spacial score (nSPS) is 15.0. The maximum Gasteiger partial charge on any atom is 0.323 e. The summed E-state index contributed by atoms with van der Waals surface area (Å²) in [7, 11) is -3.38. The van der Waals surface area contributed by atoms with Gasteiger partial charge in [-0.2, -0.15) is 4.79 Å². The average Bonchev–Trinajstić information content (AvgIpc) is 2.28. The van der Waals surface area contributed by atoms with E-state index in [0.717, 1.165) is 6.26 Å². The molecule has 0 atom stereocenters. The second-order valence-electron chi connectivity index (χ2n) is 3.79. The van der Waals surface area contributed by atoms with E-state index in [2.05, 4.69) is 11.4 Å². The van der Waals surface area contributed by atoms with Gasteiger partial charge in [-0.1, -0.05) is 30.8 Å². The second kappa shape index (κ2) is 3.80. The van der Waals surface area contributed by atoms with Crippen LogP contribution in [-0.4, -0.2) is 25.2 Å². The van der Waals surface area contributed by atoms with E-state index >= 15 is 0 Å². The first-order valence-electron chi connectivity index (χ1n) is 4.88. The van der Waals surface area contributed by atoms with Gasteiger partial charge in [0.05, 0.1) is 10.5 Å². The minimum Gasteiger partial charge on any atom is -0.361 e. The second-order valence-corrected chi connectivity index (χ2v) is 5.77. The number of rotatable bonds is 1. The van der Waals surface area contributed by atoms with Crippen molar-refractivity contribution in [3.63, 3.8) is 0 Å². The van der Waals surface area contributed by atoms with Gasteiger partial charge >= 0.3 is 5.71 Å². The Morgan fingerprint density at radius 1 is 1.24 bits per heavy atom. The molecule has 5 heteroatoms. The summed E-state index contributed by atoms with van der Waals surface area (Å²) >= 11 is 0. The highest BCUT2D eigenvalue weighted by Gasteiger charge is 2.28. The van der Waals surface area contributed by atoms with Crippen molar-refractivity contribution in [2.75, 3.05) is 6.26 Å². The van der Waals surface area contributed by atoms with E-state index in [1.807, 2.05) is 0 Å². The molecule has 0 bridgehead atoms. The Bertz CT molecular complexity index is 693. The van der Waals surface area contributed by atoms with E-state index in [1.165, 1.54) is 6.08 Å². The number of allylic oxidation sites excluding steroid dienone is 2. The molecular weight excluding hydrogens is 236 g/mol. The monoisotopic (exact) mass is 246 g/mol. The van der Waals surface area contributed by atoms with Crippen LogP contribution in [0, 0.1) is 0 Å². The van der Waals surface area contributed by atoms with Crippen LogP contribution in [0.4, 0.5) is 0 Å². The van der Waals surface area contributed by atoms with Crippen LogP contribution >= 0.6 is 0 Å². The zero-order valence-electron chi connectivity index (χ0n) is 9.21. The lowest BCUT2D eigenvalue weighted by molar-refractivity contribution is -0.000633. The fourth-order valence-electron chi connectivity index (χ4n) is 1.78. The third kappa shape index (κ3) is 1.86. The van der Waals surface area contributed by atoms with Gasteiger partial charge in [0.2, 0.25) is 0 Å². The molecule has 17 heavy (non-hydrogen) atoms. The predicted octanol–water partition coefficient (Wildman–Crippen LogP) is 1.77. The zero-order chi connectivity index (χ0) is 12.6. The van der Waals surface area contributed by atoms with Crippen molar-refractivity contribution in [2.24, 2.45) is 0 Å². The van der Waals surface area contributed by atoms with Gasteiger partial charge in [-0.15, -0.1) is 0 Å². The third-order valence-corrected chi connectivity index (χ3v) is 3.74. The first-order valence-corrected chi connectivity index (χ1v) is 6.77. The maximum absolute atomic E-state index is 11.7. The number of fused-ring (bicyclic) bond motifs is 1. The average molecular weight is 246 g/mol. The van der Waals surface area contributed by atoms with E-state index in [-0.39, 0.29) is 10.6 Å². The molecule has 1 aromatic rings. The molecule has 0 N–H and O–H groups in total. The van der Waals surface area contributed by atoms with Crippen molar-refractivity contribution in [1.29, 1.82) is 0 Å². The highest BCUT2D eigenvalue weighted by molar-refractivity contribution is 8.00. The van der Waals surface area contributed by atoms with Crippen molar-refractivity contribution in [3.05, 3.63) is 53.6 Å². The van der Waals surface area contributed by atoms with Crippen LogP contribution < -0.4 is 0 Å². The molecule has 4 nitrogen and oxygen atoms in total. The molecule has 0 aromatic heterocycles. The Balaban J connectivity index is 2.85. The van der Waals surface area contributed by atoms with Crippen LogP contribution in [-0.2, 0) is 9.84 Å². The Kier molecular flexibility index (Phi) is 2.58. The SMILES string of the molecule is C=C1C(=[N+]=[N-])C=C(S(C)(=O)=O)c2ccccc21. The van der Waals surface area contributed by atoms with E-state index in [1.54, 1.807) is 24.3 Å². The molecule has 0 saturated heterocycles. The molecule has 0 heterocycles. The predicted molar refractivity (Wildman–Crippen MR) is 66.9 cm³/mol. The third-order valence-electron chi connectivity index (χ3n) is 2.60. The van der Waals surface area contributed by atoms with Gasteiger partial charge in [0.15, 0.2) is 9.84 Å². The summed E-state index contributed by atoms with van der Waals surface area (Å²) in [6.07, 6.45) is 2.46. The summed E-state index contributed by atoms with van der Waals surface area (Å²) in [5, 5.41) is 0. The summed E-state index contributed by atoms with van der Waals surface area (Å²) in [6.45, 7) is 3.79. The zero-order valence-corrected chi connectivity index (χ0v) is 10.0. The van der Waals surface area contributed by atoms with Crippen molar-refractivity contribution < 1.29 is 13.2 Å². The van der Waals surface area contributed by atoms with Gasteiger partial charge in [0, 0.05) is 17.9 Å². The van der Waals surface area contributed by atoms with Gasteiger partial charge in [-0.3, -0.25) is 0 Å². The van der Waals surface area contributed by atoms with E-state index in [0.29, 0.717) is 16.7 Å². The first kappa shape index (κ1) is 11.5. The van der Waals surface area contributed by atoms with Crippen LogP contribution in [0.2, 0.25) is 0 Å². The molecule has 1 aliphatic carbocycles. The molecule has 0 amide bonds. The lowest BCUT2D eigenvalue weighted by Gasteiger charge is -2.15. The lowest BCUT2D eigenvalue weighted by Crippen LogP contribution is -2.13. The molecule has 0 aliphatic heterocycles. The minimum atomic E-state index is -3.38. The molecular formula is C12H10N2O2S. The van der Waals surface area contributed by atoms with Gasteiger partial charge in [0.25, 0.3) is 0 Å². The minimum absolute atomic E-state index is 0.147. The van der Waals surface area contributed by atoms with E-state index in [9.17, 15) is 8.42 Å². The summed E-state index contributed by atoms with van der Waals surface area (Å²) in [5.41, 5.74) is 10.8. The Morgan fingerprint density at radius 2 is 1.82 bits per heavy atom. The first-order chi connectivity index (χ1) is 7.95. The smallest absolute Gasteiger partial charge is 0.323 e. The number of nitrogens with zero attached hydrogens (tertiary/aromatic N) is 2. The number of hydrogen-bond acceptors (Lipinski definition) is 2. The van der Waals surface area contributed by atoms with E-state index in [4.69, 9.17) is 5.53 Å². The van der Waals surface area contributed by atoms with Crippen LogP contribution in [0.25, 0.3) is 16.0 Å². The molecule has 1 aliphatic rings. The van der Waals surface area contributed by atoms with Gasteiger partial charge < -0.3 is 5.53 Å². The van der Waals surface area contributed by atoms with Crippen LogP contribution in [0.1, 0.15) is 11.1 Å². The largest absolute Gasteiger partial charge is 0.361 e.